The fraction of sp³-hybridized carbons (Fsp3) is 0.500. The second kappa shape index (κ2) is 8.26. The maximum absolute atomic E-state index is 15.4. The largest absolute Gasteiger partial charge is 0.488 e. The Kier molecular flexibility index (Phi) is 5.71. The molecule has 2 aromatic rings. The third-order valence-electron chi connectivity index (χ3n) is 7.41. The van der Waals surface area contributed by atoms with Gasteiger partial charge in [0, 0.05) is 11.6 Å². The molecule has 0 spiro atoms. The van der Waals surface area contributed by atoms with Crippen LogP contribution in [0.1, 0.15) is 44.1 Å². The maximum atomic E-state index is 15.4. The topological polar surface area (TPSA) is 46.6 Å². The van der Waals surface area contributed by atoms with Gasteiger partial charge in [-0.2, -0.15) is 0 Å². The molecule has 2 heterocycles. The molecule has 1 aliphatic carbocycles. The van der Waals surface area contributed by atoms with Crippen LogP contribution in [-0.4, -0.2) is 39.1 Å². The molecule has 2 fully saturated rings. The smallest absolute Gasteiger partial charge is 0.190 e. The highest BCUT2D eigenvalue weighted by Crippen LogP contribution is 2.54. The fourth-order valence-electron chi connectivity index (χ4n) is 5.94. The van der Waals surface area contributed by atoms with Crippen LogP contribution in [0, 0.1) is 17.6 Å². The predicted octanol–water partition coefficient (Wildman–Crippen LogP) is 5.33. The number of nitrogens with zero attached hydrogens (tertiary/aromatic N) is 1. The molecule has 0 N–H and O–H groups in total. The molecule has 1 saturated carbocycles. The van der Waals surface area contributed by atoms with E-state index in [1.54, 1.807) is 0 Å². The Labute approximate surface area is 192 Å². The molecular weight excluding hydrogens is 456 g/mol. The van der Waals surface area contributed by atoms with Crippen LogP contribution in [-0.2, 0) is 14.6 Å². The molecule has 2 atom stereocenters. The highest BCUT2D eigenvalue weighted by Gasteiger charge is 2.60. The molecular formula is C24H26ClF2NO3S. The van der Waals surface area contributed by atoms with Gasteiger partial charge in [0.15, 0.2) is 21.4 Å². The van der Waals surface area contributed by atoms with Crippen molar-refractivity contribution in [2.24, 2.45) is 5.92 Å². The first-order chi connectivity index (χ1) is 15.3. The van der Waals surface area contributed by atoms with Gasteiger partial charge in [-0.3, -0.25) is 4.90 Å². The summed E-state index contributed by atoms with van der Waals surface area (Å²) in [6, 6.07) is 7.34. The van der Waals surface area contributed by atoms with Gasteiger partial charge < -0.3 is 4.74 Å². The van der Waals surface area contributed by atoms with Crippen LogP contribution >= 0.6 is 11.6 Å². The number of halogens is 3. The van der Waals surface area contributed by atoms with E-state index in [4.69, 9.17) is 16.3 Å². The lowest BCUT2D eigenvalue weighted by Gasteiger charge is -2.52. The molecule has 32 heavy (non-hydrogen) atoms. The number of likely N-dealkylation sites (tertiary alicyclic amines) is 1. The summed E-state index contributed by atoms with van der Waals surface area (Å²) < 4.78 is 62.7. The zero-order valence-corrected chi connectivity index (χ0v) is 19.3. The number of hydrogen-bond acceptors (Lipinski definition) is 4. The minimum Gasteiger partial charge on any atom is -0.488 e. The lowest BCUT2D eigenvalue weighted by Crippen LogP contribution is -2.63. The first-order valence-corrected chi connectivity index (χ1v) is 13.1. The summed E-state index contributed by atoms with van der Waals surface area (Å²) in [5.41, 5.74) is -0.167. The van der Waals surface area contributed by atoms with E-state index in [-0.39, 0.29) is 29.2 Å². The molecule has 1 saturated heterocycles. The molecule has 5 rings (SSSR count). The Bertz CT molecular complexity index is 1120. The summed E-state index contributed by atoms with van der Waals surface area (Å²) in [5.74, 6) is -1.27. The van der Waals surface area contributed by atoms with Crippen LogP contribution < -0.4 is 4.74 Å². The van der Waals surface area contributed by atoms with Gasteiger partial charge in [-0.1, -0.05) is 24.4 Å². The van der Waals surface area contributed by atoms with E-state index >= 15 is 4.39 Å². The Morgan fingerprint density at radius 3 is 2.44 bits per heavy atom. The predicted molar refractivity (Wildman–Crippen MR) is 119 cm³/mol. The van der Waals surface area contributed by atoms with E-state index in [0.717, 1.165) is 31.5 Å². The SMILES string of the molecule is O=S(=O)(c1ccc(Cl)cc1)[C@]12CCCN(CC3CCCC3)[C@H]1COc1c(F)ccc(F)c12. The summed E-state index contributed by atoms with van der Waals surface area (Å²) in [6.45, 7) is 1.47. The number of ether oxygens (including phenoxy) is 1. The van der Waals surface area contributed by atoms with Crippen molar-refractivity contribution in [2.75, 3.05) is 19.7 Å². The van der Waals surface area contributed by atoms with E-state index in [1.165, 1.54) is 37.1 Å². The lowest BCUT2D eigenvalue weighted by atomic mass is 9.79. The minimum absolute atomic E-state index is 0.00686. The molecule has 4 nitrogen and oxygen atoms in total. The van der Waals surface area contributed by atoms with Gasteiger partial charge in [0.2, 0.25) is 0 Å². The van der Waals surface area contributed by atoms with Gasteiger partial charge in [-0.15, -0.1) is 0 Å². The van der Waals surface area contributed by atoms with Crippen molar-refractivity contribution in [1.82, 2.24) is 4.90 Å². The second-order valence-electron chi connectivity index (χ2n) is 9.16. The van der Waals surface area contributed by atoms with Crippen molar-refractivity contribution in [2.45, 2.75) is 54.2 Å². The number of rotatable bonds is 4. The highest BCUT2D eigenvalue weighted by atomic mass is 35.5. The lowest BCUT2D eigenvalue weighted by molar-refractivity contribution is 0.0339. The van der Waals surface area contributed by atoms with Crippen LogP contribution in [0.5, 0.6) is 5.75 Å². The number of sulfone groups is 1. The third-order valence-corrected chi connectivity index (χ3v) is 10.2. The molecule has 0 amide bonds. The van der Waals surface area contributed by atoms with E-state index in [9.17, 15) is 12.8 Å². The van der Waals surface area contributed by atoms with Crippen LogP contribution in [0.25, 0.3) is 0 Å². The van der Waals surface area contributed by atoms with Crippen molar-refractivity contribution >= 4 is 21.4 Å². The summed E-state index contributed by atoms with van der Waals surface area (Å²) in [6.07, 6.45) is 5.36. The Morgan fingerprint density at radius 1 is 1.03 bits per heavy atom. The van der Waals surface area contributed by atoms with Crippen LogP contribution in [0.3, 0.4) is 0 Å². The minimum atomic E-state index is -4.11. The zero-order valence-electron chi connectivity index (χ0n) is 17.7. The first-order valence-electron chi connectivity index (χ1n) is 11.2. The maximum Gasteiger partial charge on any atom is 0.190 e. The molecule has 3 aliphatic rings. The summed E-state index contributed by atoms with van der Waals surface area (Å²) in [4.78, 5) is 2.21. The quantitative estimate of drug-likeness (QED) is 0.591. The van der Waals surface area contributed by atoms with Crippen molar-refractivity contribution in [3.05, 3.63) is 58.6 Å². The number of piperidine rings is 1. The van der Waals surface area contributed by atoms with Gasteiger partial charge in [0.1, 0.15) is 17.2 Å². The van der Waals surface area contributed by atoms with Crippen molar-refractivity contribution < 1.29 is 21.9 Å². The zero-order chi connectivity index (χ0) is 22.5. The van der Waals surface area contributed by atoms with Gasteiger partial charge in [-0.05, 0) is 74.5 Å². The first kappa shape index (κ1) is 22.1. The summed E-state index contributed by atoms with van der Waals surface area (Å²) in [7, 11) is -4.11. The molecule has 0 aromatic heterocycles. The third kappa shape index (κ3) is 3.35. The number of fused-ring (bicyclic) bond motifs is 3. The Balaban J connectivity index is 1.70. The Morgan fingerprint density at radius 2 is 1.72 bits per heavy atom. The summed E-state index contributed by atoms with van der Waals surface area (Å²) >= 11 is 6.00. The van der Waals surface area contributed by atoms with Crippen LogP contribution in [0.15, 0.2) is 41.3 Å². The van der Waals surface area contributed by atoms with Crippen molar-refractivity contribution in [3.63, 3.8) is 0 Å². The average molecular weight is 482 g/mol. The number of benzene rings is 2. The standard InChI is InChI=1S/C24H26ClF2NO3S/c25-17-6-8-18(9-7-17)32(29,30)24-12-3-13-28(14-16-4-1-2-5-16)21(24)15-31-23-20(27)11-10-19(26)22(23)24/h6-11,16,21H,1-5,12-15H2/t21-,24+/m0/s1. The Hall–Kier alpha value is -1.70. The van der Waals surface area contributed by atoms with Gasteiger partial charge >= 0.3 is 0 Å². The van der Waals surface area contributed by atoms with Gasteiger partial charge in [0.25, 0.3) is 0 Å². The van der Waals surface area contributed by atoms with E-state index in [0.29, 0.717) is 23.9 Å². The van der Waals surface area contributed by atoms with Crippen molar-refractivity contribution in [1.29, 1.82) is 0 Å². The monoisotopic (exact) mass is 481 g/mol. The van der Waals surface area contributed by atoms with Crippen LogP contribution in [0.2, 0.25) is 5.02 Å². The molecule has 0 radical (unpaired) electrons. The summed E-state index contributed by atoms with van der Waals surface area (Å²) in [5, 5.41) is 0.411. The second-order valence-corrected chi connectivity index (χ2v) is 11.8. The van der Waals surface area contributed by atoms with Crippen LogP contribution in [0.4, 0.5) is 8.78 Å². The number of hydrogen-bond donors (Lipinski definition) is 0. The highest BCUT2D eigenvalue weighted by molar-refractivity contribution is 7.92. The van der Waals surface area contributed by atoms with E-state index in [2.05, 4.69) is 4.90 Å². The molecule has 8 heteroatoms. The van der Waals surface area contributed by atoms with Gasteiger partial charge in [-0.25, -0.2) is 17.2 Å². The molecule has 2 aliphatic heterocycles. The molecule has 172 valence electrons. The van der Waals surface area contributed by atoms with Gasteiger partial charge in [0.05, 0.1) is 16.5 Å². The van der Waals surface area contributed by atoms with E-state index in [1.807, 2.05) is 0 Å². The molecule has 2 aromatic carbocycles. The van der Waals surface area contributed by atoms with E-state index < -0.39 is 32.3 Å². The average Bonchev–Trinajstić information content (AvgIpc) is 3.29. The molecule has 0 unspecified atom stereocenters. The van der Waals surface area contributed by atoms with Crippen molar-refractivity contribution in [3.8, 4) is 5.75 Å². The fourth-order valence-corrected chi connectivity index (χ4v) is 8.43. The molecule has 0 bridgehead atoms. The normalized spacial score (nSPS) is 26.4.